The van der Waals surface area contributed by atoms with Crippen molar-refractivity contribution >= 4 is 37.9 Å². The van der Waals surface area contributed by atoms with E-state index in [1.807, 2.05) is 30.1 Å². The molecule has 0 aliphatic carbocycles. The zero-order chi connectivity index (χ0) is 24.3. The van der Waals surface area contributed by atoms with Crippen LogP contribution in [0.5, 0.6) is 5.75 Å². The van der Waals surface area contributed by atoms with E-state index in [0.717, 1.165) is 41.1 Å². The number of hydrogen-bond acceptors (Lipinski definition) is 5. The van der Waals surface area contributed by atoms with Crippen LogP contribution in [0.2, 0.25) is 0 Å². The normalized spacial score (nSPS) is 11.8. The molecule has 0 aromatic heterocycles. The smallest absolute Gasteiger partial charge is 0.246 e. The van der Waals surface area contributed by atoms with E-state index in [2.05, 4.69) is 43.9 Å². The van der Waals surface area contributed by atoms with Gasteiger partial charge in [0, 0.05) is 55.4 Å². The van der Waals surface area contributed by atoms with Crippen LogP contribution in [0.25, 0.3) is 10.8 Å². The van der Waals surface area contributed by atoms with Crippen LogP contribution < -0.4 is 9.80 Å². The minimum atomic E-state index is -3.85. The number of phenolic OH excluding ortho intramolecular Hbond substituents is 1. The number of benzene rings is 3. The van der Waals surface area contributed by atoms with E-state index in [0.29, 0.717) is 18.5 Å². The van der Waals surface area contributed by atoms with Crippen molar-refractivity contribution in [2.45, 2.75) is 39.5 Å². The number of fused-ring (bicyclic) bond motifs is 1. The van der Waals surface area contributed by atoms with Crippen molar-refractivity contribution in [2.24, 2.45) is 0 Å². The minimum Gasteiger partial charge on any atom is -0.506 e. The molecule has 0 spiro atoms. The lowest BCUT2D eigenvalue weighted by Gasteiger charge is -2.28. The summed E-state index contributed by atoms with van der Waals surface area (Å²) in [5.41, 5.74) is 3.96. The number of hydrogen-bond donors (Lipinski definition) is 1. The largest absolute Gasteiger partial charge is 0.506 e. The summed E-state index contributed by atoms with van der Waals surface area (Å²) in [4.78, 5) is 4.23. The number of nitrogens with zero attached hydrogens (tertiary/aromatic N) is 3. The van der Waals surface area contributed by atoms with Gasteiger partial charge in [0.25, 0.3) is 0 Å². The SMILES string of the molecule is CCN(CC)c1ccc(N(C)c2cc(S(=O)(=O)N(CC)CC)c(O)c3ccccc23)c(C)c1. The van der Waals surface area contributed by atoms with Gasteiger partial charge >= 0.3 is 0 Å². The Morgan fingerprint density at radius 3 is 1.97 bits per heavy atom. The van der Waals surface area contributed by atoms with Crippen LogP contribution in [0.15, 0.2) is 53.4 Å². The molecule has 33 heavy (non-hydrogen) atoms. The molecule has 3 aromatic rings. The highest BCUT2D eigenvalue weighted by Gasteiger charge is 2.28. The summed E-state index contributed by atoms with van der Waals surface area (Å²) in [6, 6.07) is 15.3. The van der Waals surface area contributed by atoms with Gasteiger partial charge in [-0.05, 0) is 50.6 Å². The lowest BCUT2D eigenvalue weighted by atomic mass is 10.1. The number of aryl methyl sites for hydroxylation is 1. The Labute approximate surface area is 198 Å². The van der Waals surface area contributed by atoms with E-state index in [4.69, 9.17) is 0 Å². The molecule has 0 saturated heterocycles. The molecule has 0 aliphatic rings. The second-order valence-electron chi connectivity index (χ2n) is 8.08. The number of rotatable bonds is 9. The van der Waals surface area contributed by atoms with Gasteiger partial charge in [-0.25, -0.2) is 8.42 Å². The summed E-state index contributed by atoms with van der Waals surface area (Å²) in [5, 5.41) is 12.3. The van der Waals surface area contributed by atoms with Crippen LogP contribution >= 0.6 is 0 Å². The first-order valence-electron chi connectivity index (χ1n) is 11.5. The molecule has 0 unspecified atom stereocenters. The minimum absolute atomic E-state index is 0.0656. The van der Waals surface area contributed by atoms with E-state index in [1.54, 1.807) is 26.0 Å². The predicted octanol–water partition coefficient (Wildman–Crippen LogP) is 5.50. The Hall–Kier alpha value is -2.77. The Morgan fingerprint density at radius 1 is 0.818 bits per heavy atom. The van der Waals surface area contributed by atoms with Crippen molar-refractivity contribution < 1.29 is 13.5 Å². The first kappa shape index (κ1) is 24.9. The van der Waals surface area contributed by atoms with Crippen molar-refractivity contribution in [1.82, 2.24) is 4.31 Å². The maximum Gasteiger partial charge on any atom is 0.246 e. The quantitative estimate of drug-likeness (QED) is 0.448. The fourth-order valence-corrected chi connectivity index (χ4v) is 6.00. The molecule has 0 atom stereocenters. The van der Waals surface area contributed by atoms with Crippen LogP contribution in [0.3, 0.4) is 0 Å². The number of phenols is 1. The average Bonchev–Trinajstić information content (AvgIpc) is 2.80. The summed E-state index contributed by atoms with van der Waals surface area (Å²) in [6.07, 6.45) is 0. The average molecular weight is 470 g/mol. The molecule has 0 radical (unpaired) electrons. The Morgan fingerprint density at radius 2 is 1.42 bits per heavy atom. The van der Waals surface area contributed by atoms with E-state index >= 15 is 0 Å². The Bertz CT molecular complexity index is 1230. The maximum absolute atomic E-state index is 13.4. The first-order chi connectivity index (χ1) is 15.7. The van der Waals surface area contributed by atoms with Crippen molar-refractivity contribution in [3.63, 3.8) is 0 Å². The number of aromatic hydroxyl groups is 1. The molecule has 0 fully saturated rings. The number of anilines is 3. The summed E-state index contributed by atoms with van der Waals surface area (Å²) in [5.74, 6) is -0.205. The van der Waals surface area contributed by atoms with Crippen LogP contribution in [0.1, 0.15) is 33.3 Å². The second-order valence-corrected chi connectivity index (χ2v) is 9.99. The fourth-order valence-electron chi connectivity index (χ4n) is 4.42. The van der Waals surface area contributed by atoms with Gasteiger partial charge in [-0.1, -0.05) is 38.1 Å². The molecule has 3 rings (SSSR count). The molecule has 0 amide bonds. The summed E-state index contributed by atoms with van der Waals surface area (Å²) < 4.78 is 28.1. The zero-order valence-corrected chi connectivity index (χ0v) is 21.3. The lowest BCUT2D eigenvalue weighted by molar-refractivity contribution is 0.431. The summed E-state index contributed by atoms with van der Waals surface area (Å²) in [6.45, 7) is 12.5. The fraction of sp³-hybridized carbons (Fsp3) is 0.385. The van der Waals surface area contributed by atoms with Gasteiger partial charge in [0.05, 0.1) is 5.69 Å². The van der Waals surface area contributed by atoms with Crippen molar-refractivity contribution in [1.29, 1.82) is 0 Å². The van der Waals surface area contributed by atoms with Gasteiger partial charge in [0.1, 0.15) is 10.6 Å². The molecular formula is C26H35N3O3S. The third kappa shape index (κ3) is 4.52. The highest BCUT2D eigenvalue weighted by atomic mass is 32.2. The van der Waals surface area contributed by atoms with Crippen LogP contribution in [0, 0.1) is 6.92 Å². The highest BCUT2D eigenvalue weighted by Crippen LogP contribution is 2.42. The number of sulfonamides is 1. The van der Waals surface area contributed by atoms with E-state index in [9.17, 15) is 13.5 Å². The van der Waals surface area contributed by atoms with E-state index < -0.39 is 10.0 Å². The molecule has 7 heteroatoms. The second kappa shape index (κ2) is 10.0. The molecule has 1 N–H and O–H groups in total. The van der Waals surface area contributed by atoms with E-state index in [1.165, 1.54) is 4.31 Å². The third-order valence-electron chi connectivity index (χ3n) is 6.31. The molecule has 0 bridgehead atoms. The van der Waals surface area contributed by atoms with Crippen molar-refractivity contribution in [3.8, 4) is 5.75 Å². The van der Waals surface area contributed by atoms with Gasteiger partial charge in [-0.15, -0.1) is 0 Å². The lowest BCUT2D eigenvalue weighted by Crippen LogP contribution is -2.30. The molecular weight excluding hydrogens is 434 g/mol. The van der Waals surface area contributed by atoms with Crippen molar-refractivity contribution in [3.05, 3.63) is 54.1 Å². The predicted molar refractivity (Wildman–Crippen MR) is 139 cm³/mol. The topological polar surface area (TPSA) is 64.1 Å². The van der Waals surface area contributed by atoms with Crippen molar-refractivity contribution in [2.75, 3.05) is 43.0 Å². The van der Waals surface area contributed by atoms with Gasteiger partial charge in [0.2, 0.25) is 10.0 Å². The first-order valence-corrected chi connectivity index (χ1v) is 13.0. The Kier molecular flexibility index (Phi) is 7.55. The molecule has 0 saturated carbocycles. The van der Waals surface area contributed by atoms with Gasteiger partial charge < -0.3 is 14.9 Å². The highest BCUT2D eigenvalue weighted by molar-refractivity contribution is 7.89. The van der Waals surface area contributed by atoms with Crippen LogP contribution in [0.4, 0.5) is 17.1 Å². The standard InChI is InChI=1S/C26H35N3O3S/c1-7-28(8-2)20-15-16-23(19(5)17-20)27(6)24-18-25(33(31,32)29(9-3)10-4)26(30)22-14-12-11-13-21(22)24/h11-18,30H,7-10H2,1-6H3. The maximum atomic E-state index is 13.4. The molecule has 178 valence electrons. The zero-order valence-electron chi connectivity index (χ0n) is 20.5. The van der Waals surface area contributed by atoms with Crippen LogP contribution in [-0.2, 0) is 10.0 Å². The summed E-state index contributed by atoms with van der Waals surface area (Å²) >= 11 is 0. The monoisotopic (exact) mass is 469 g/mol. The molecule has 0 heterocycles. The van der Waals surface area contributed by atoms with Gasteiger partial charge in [0.15, 0.2) is 0 Å². The molecule has 6 nitrogen and oxygen atoms in total. The summed E-state index contributed by atoms with van der Waals surface area (Å²) in [7, 11) is -1.91. The van der Waals surface area contributed by atoms with Gasteiger partial charge in [-0.2, -0.15) is 4.31 Å². The molecule has 3 aromatic carbocycles. The molecule has 0 aliphatic heterocycles. The van der Waals surface area contributed by atoms with Crippen LogP contribution in [-0.4, -0.2) is 51.1 Å². The van der Waals surface area contributed by atoms with E-state index in [-0.39, 0.29) is 10.6 Å². The third-order valence-corrected chi connectivity index (χ3v) is 8.38. The van der Waals surface area contributed by atoms with Gasteiger partial charge in [-0.3, -0.25) is 0 Å². The Balaban J connectivity index is 2.22.